The van der Waals surface area contributed by atoms with Gasteiger partial charge in [0.05, 0.1) is 21.9 Å². The zero-order chi connectivity index (χ0) is 26.7. The third-order valence-corrected chi connectivity index (χ3v) is 5.56. The zero-order valence-corrected chi connectivity index (χ0v) is 21.1. The number of aromatic amines is 1. The van der Waals surface area contributed by atoms with Crippen LogP contribution in [0.15, 0.2) is 77.8 Å². The second-order valence-corrected chi connectivity index (χ2v) is 9.66. The van der Waals surface area contributed by atoms with Crippen molar-refractivity contribution < 1.29 is 19.6 Å². The van der Waals surface area contributed by atoms with Crippen molar-refractivity contribution in [2.45, 2.75) is 32.9 Å². The van der Waals surface area contributed by atoms with E-state index in [2.05, 4.69) is 4.98 Å². The summed E-state index contributed by atoms with van der Waals surface area (Å²) in [6.07, 6.45) is -0.412. The number of aromatic nitrogens is 1. The predicted octanol–water partition coefficient (Wildman–Crippen LogP) is 6.32. The Labute approximate surface area is 214 Å². The van der Waals surface area contributed by atoms with Gasteiger partial charge in [-0.2, -0.15) is 0 Å². The van der Waals surface area contributed by atoms with E-state index in [1.165, 1.54) is 17.0 Å². The number of aliphatic imine (C=N–C) groups is 1. The molecule has 1 heterocycles. The lowest BCUT2D eigenvalue weighted by atomic mass is 10.0. The number of nitro benzene ring substituents is 1. The molecule has 37 heavy (non-hydrogen) atoms. The van der Waals surface area contributed by atoms with Gasteiger partial charge in [0.15, 0.2) is 5.88 Å². The first-order valence-electron chi connectivity index (χ1n) is 11.7. The van der Waals surface area contributed by atoms with Crippen LogP contribution < -0.4 is 0 Å². The average molecular weight is 501 g/mol. The van der Waals surface area contributed by atoms with Crippen LogP contribution in [0.4, 0.5) is 16.2 Å². The van der Waals surface area contributed by atoms with Crippen molar-refractivity contribution in [1.29, 1.82) is 0 Å². The Morgan fingerprint density at radius 2 is 1.76 bits per heavy atom. The average Bonchev–Trinajstić information content (AvgIpc) is 3.17. The Morgan fingerprint density at radius 3 is 2.38 bits per heavy atom. The van der Waals surface area contributed by atoms with Crippen LogP contribution in [0.5, 0.6) is 5.88 Å². The van der Waals surface area contributed by atoms with E-state index in [-0.39, 0.29) is 11.6 Å². The molecular formula is C28H28N4O5. The molecule has 0 radical (unpaired) electrons. The Kier molecular flexibility index (Phi) is 6.97. The normalized spacial score (nSPS) is 11.9. The molecule has 0 saturated heterocycles. The standard InChI is InChI=1S/C28H28N4O5/c1-28(2,3)37-27(34)31(4)17-18-10-12-20(13-11-18)29-25(19-8-6-5-7-9-19)24-22-16-21(32(35)36)14-15-23(22)30-26(24)33/h5-16,30,33H,17H2,1-4H3. The van der Waals surface area contributed by atoms with E-state index in [0.717, 1.165) is 11.1 Å². The Hall–Kier alpha value is -4.66. The molecular weight excluding hydrogens is 472 g/mol. The molecule has 9 nitrogen and oxygen atoms in total. The number of non-ortho nitro benzene ring substituents is 1. The summed E-state index contributed by atoms with van der Waals surface area (Å²) in [6.45, 7) is 5.82. The molecule has 0 aliphatic rings. The van der Waals surface area contributed by atoms with Crippen LogP contribution in [0.1, 0.15) is 37.5 Å². The van der Waals surface area contributed by atoms with Crippen molar-refractivity contribution in [2.24, 2.45) is 4.99 Å². The van der Waals surface area contributed by atoms with Gasteiger partial charge >= 0.3 is 6.09 Å². The molecule has 4 aromatic rings. The Balaban J connectivity index is 1.71. The summed E-state index contributed by atoms with van der Waals surface area (Å²) in [7, 11) is 1.67. The van der Waals surface area contributed by atoms with Crippen molar-refractivity contribution in [3.63, 3.8) is 0 Å². The minimum atomic E-state index is -0.577. The van der Waals surface area contributed by atoms with Gasteiger partial charge in [-0.05, 0) is 44.5 Å². The molecule has 1 amide bonds. The predicted molar refractivity (Wildman–Crippen MR) is 143 cm³/mol. The van der Waals surface area contributed by atoms with E-state index >= 15 is 0 Å². The van der Waals surface area contributed by atoms with Gasteiger partial charge in [0.2, 0.25) is 0 Å². The van der Waals surface area contributed by atoms with Gasteiger partial charge in [-0.25, -0.2) is 9.79 Å². The topological polar surface area (TPSA) is 121 Å². The number of benzene rings is 3. The molecule has 0 aliphatic carbocycles. The highest BCUT2D eigenvalue weighted by molar-refractivity contribution is 6.22. The van der Waals surface area contributed by atoms with Crippen LogP contribution >= 0.6 is 0 Å². The maximum atomic E-state index is 12.3. The molecule has 0 saturated carbocycles. The smallest absolute Gasteiger partial charge is 0.410 e. The molecule has 190 valence electrons. The summed E-state index contributed by atoms with van der Waals surface area (Å²) >= 11 is 0. The van der Waals surface area contributed by atoms with Crippen molar-refractivity contribution in [1.82, 2.24) is 9.88 Å². The molecule has 0 bridgehead atoms. The van der Waals surface area contributed by atoms with Crippen LogP contribution in [0.2, 0.25) is 0 Å². The highest BCUT2D eigenvalue weighted by Gasteiger charge is 2.22. The number of aromatic hydroxyl groups is 1. The molecule has 3 aromatic carbocycles. The lowest BCUT2D eigenvalue weighted by molar-refractivity contribution is -0.384. The van der Waals surface area contributed by atoms with Gasteiger partial charge < -0.3 is 19.7 Å². The van der Waals surface area contributed by atoms with Crippen LogP contribution in [-0.2, 0) is 11.3 Å². The molecule has 0 unspecified atom stereocenters. The second kappa shape index (κ2) is 10.1. The van der Waals surface area contributed by atoms with Gasteiger partial charge in [0.25, 0.3) is 5.69 Å². The number of H-pyrrole nitrogens is 1. The summed E-state index contributed by atoms with van der Waals surface area (Å²) in [6, 6.07) is 21.0. The highest BCUT2D eigenvalue weighted by atomic mass is 16.6. The maximum absolute atomic E-state index is 12.3. The lowest BCUT2D eigenvalue weighted by Gasteiger charge is -2.24. The van der Waals surface area contributed by atoms with E-state index in [4.69, 9.17) is 9.73 Å². The first-order chi connectivity index (χ1) is 17.5. The lowest BCUT2D eigenvalue weighted by Crippen LogP contribution is -2.33. The number of carbonyl (C=O) groups excluding carboxylic acids is 1. The molecule has 0 atom stereocenters. The summed E-state index contributed by atoms with van der Waals surface area (Å²) < 4.78 is 5.40. The number of carbonyl (C=O) groups is 1. The van der Waals surface area contributed by atoms with Crippen LogP contribution in [-0.4, -0.2) is 44.4 Å². The van der Waals surface area contributed by atoms with Crippen LogP contribution in [0.3, 0.4) is 0 Å². The van der Waals surface area contributed by atoms with Crippen LogP contribution in [0, 0.1) is 10.1 Å². The van der Waals surface area contributed by atoms with E-state index in [1.807, 2.05) is 75.4 Å². The van der Waals surface area contributed by atoms with Crippen LogP contribution in [0.25, 0.3) is 10.9 Å². The number of nitrogens with one attached hydrogen (secondary N) is 1. The largest absolute Gasteiger partial charge is 0.494 e. The number of nitrogens with zero attached hydrogens (tertiary/aromatic N) is 3. The van der Waals surface area contributed by atoms with E-state index in [0.29, 0.717) is 34.4 Å². The fraction of sp³-hybridized carbons (Fsp3) is 0.214. The van der Waals surface area contributed by atoms with Crippen molar-refractivity contribution in [2.75, 3.05) is 7.05 Å². The number of hydrogen-bond acceptors (Lipinski definition) is 6. The number of ether oxygens (including phenoxy) is 1. The molecule has 9 heteroatoms. The fourth-order valence-electron chi connectivity index (χ4n) is 3.86. The quantitative estimate of drug-likeness (QED) is 0.182. The molecule has 2 N–H and O–H groups in total. The summed E-state index contributed by atoms with van der Waals surface area (Å²) in [5.74, 6) is -0.131. The van der Waals surface area contributed by atoms with E-state index < -0.39 is 16.6 Å². The van der Waals surface area contributed by atoms with Crippen molar-refractivity contribution in [3.05, 3.63) is 99.6 Å². The second-order valence-electron chi connectivity index (χ2n) is 9.66. The molecule has 0 spiro atoms. The summed E-state index contributed by atoms with van der Waals surface area (Å²) in [4.78, 5) is 32.4. The number of fused-ring (bicyclic) bond motifs is 1. The number of rotatable bonds is 6. The molecule has 0 aliphatic heterocycles. The highest BCUT2D eigenvalue weighted by Crippen LogP contribution is 2.33. The summed E-state index contributed by atoms with van der Waals surface area (Å²) in [5.41, 5.74) is 2.97. The molecule has 0 fully saturated rings. The maximum Gasteiger partial charge on any atom is 0.410 e. The van der Waals surface area contributed by atoms with Gasteiger partial charge in [0, 0.05) is 42.2 Å². The fourth-order valence-corrected chi connectivity index (χ4v) is 3.86. The monoisotopic (exact) mass is 500 g/mol. The number of amides is 1. The van der Waals surface area contributed by atoms with Gasteiger partial charge in [-0.3, -0.25) is 10.1 Å². The van der Waals surface area contributed by atoms with Crippen molar-refractivity contribution >= 4 is 34.1 Å². The third kappa shape index (κ3) is 5.95. The SMILES string of the molecule is CN(Cc1ccc(N=C(c2ccccc2)c2c(O)[nH]c3ccc([N+](=O)[O-])cc23)cc1)C(=O)OC(C)(C)C. The zero-order valence-electron chi connectivity index (χ0n) is 21.1. The third-order valence-electron chi connectivity index (χ3n) is 5.56. The van der Waals surface area contributed by atoms with Gasteiger partial charge in [0.1, 0.15) is 5.60 Å². The first-order valence-corrected chi connectivity index (χ1v) is 11.7. The van der Waals surface area contributed by atoms with Gasteiger partial charge in [-0.15, -0.1) is 0 Å². The minimum absolute atomic E-state index is 0.0846. The Morgan fingerprint density at radius 1 is 1.08 bits per heavy atom. The van der Waals surface area contributed by atoms with E-state index in [1.54, 1.807) is 13.1 Å². The minimum Gasteiger partial charge on any atom is -0.494 e. The summed E-state index contributed by atoms with van der Waals surface area (Å²) in [5, 5.41) is 22.7. The molecule has 1 aromatic heterocycles. The Bertz CT molecular complexity index is 1470. The van der Waals surface area contributed by atoms with Gasteiger partial charge in [-0.1, -0.05) is 42.5 Å². The van der Waals surface area contributed by atoms with Crippen molar-refractivity contribution in [3.8, 4) is 5.88 Å². The number of hydrogen-bond donors (Lipinski definition) is 2. The van der Waals surface area contributed by atoms with E-state index in [9.17, 15) is 20.0 Å². The first kappa shape index (κ1) is 25.4. The number of nitro groups is 1. The molecule has 4 rings (SSSR count).